The summed E-state index contributed by atoms with van der Waals surface area (Å²) in [7, 11) is 1.23. The molecule has 1 aliphatic heterocycles. The van der Waals surface area contributed by atoms with E-state index in [1.807, 2.05) is 0 Å². The fourth-order valence-corrected chi connectivity index (χ4v) is 1.25. The van der Waals surface area contributed by atoms with Gasteiger partial charge in [-0.05, 0) is 0 Å². The molecule has 0 bridgehead atoms. The molecule has 1 fully saturated rings. The molecule has 1 aliphatic rings. The summed E-state index contributed by atoms with van der Waals surface area (Å²) >= 11 is 0. The highest BCUT2D eigenvalue weighted by Gasteiger charge is 2.43. The third-order valence-corrected chi connectivity index (χ3v) is 2.10. The van der Waals surface area contributed by atoms with Crippen LogP contribution in [0.1, 0.15) is 6.42 Å². The van der Waals surface area contributed by atoms with E-state index in [1.54, 1.807) is 0 Å². The van der Waals surface area contributed by atoms with Gasteiger partial charge in [-0.25, -0.2) is 0 Å². The summed E-state index contributed by atoms with van der Waals surface area (Å²) in [4.78, 5) is 10.8. The van der Waals surface area contributed by atoms with Crippen molar-refractivity contribution >= 4 is 5.97 Å². The molecule has 0 amide bonds. The van der Waals surface area contributed by atoms with Gasteiger partial charge in [0, 0.05) is 12.6 Å². The zero-order chi connectivity index (χ0) is 11.5. The van der Waals surface area contributed by atoms with Crippen LogP contribution in [0.4, 0.5) is 13.2 Å². The van der Waals surface area contributed by atoms with Crippen molar-refractivity contribution < 1.29 is 27.4 Å². The first kappa shape index (κ1) is 12.3. The lowest BCUT2D eigenvalue weighted by Gasteiger charge is -2.30. The number of alkyl halides is 3. The van der Waals surface area contributed by atoms with Crippen molar-refractivity contribution in [1.82, 2.24) is 5.32 Å². The largest absolute Gasteiger partial charge is 0.469 e. The molecular weight excluding hydrogens is 215 g/mol. The molecule has 88 valence electrons. The first-order chi connectivity index (χ1) is 6.93. The number of carbonyl (C=O) groups excluding carboxylic acids is 1. The molecule has 1 heterocycles. The number of hydrogen-bond donors (Lipinski definition) is 1. The van der Waals surface area contributed by atoms with Gasteiger partial charge in [-0.2, -0.15) is 13.2 Å². The molecule has 0 unspecified atom stereocenters. The third kappa shape index (κ3) is 3.67. The highest BCUT2D eigenvalue weighted by atomic mass is 19.4. The van der Waals surface area contributed by atoms with Crippen LogP contribution in [0.2, 0.25) is 0 Å². The van der Waals surface area contributed by atoms with Gasteiger partial charge in [-0.1, -0.05) is 0 Å². The van der Waals surface area contributed by atoms with E-state index in [2.05, 4.69) is 14.8 Å². The van der Waals surface area contributed by atoms with Gasteiger partial charge in [-0.15, -0.1) is 0 Å². The van der Waals surface area contributed by atoms with Crippen LogP contribution in [0.3, 0.4) is 0 Å². The number of methoxy groups -OCH3 is 1. The van der Waals surface area contributed by atoms with Gasteiger partial charge in [0.05, 0.1) is 20.1 Å². The standard InChI is InChI=1S/C8H12F3NO3/c1-14-7(13)2-5-4-15-6(3-12-5)8(9,10)11/h5-6,12H,2-4H2,1H3/t5-,6-/m1/s1. The summed E-state index contributed by atoms with van der Waals surface area (Å²) < 4.78 is 45.4. The Bertz CT molecular complexity index is 224. The number of halogens is 3. The number of carbonyl (C=O) groups is 1. The van der Waals surface area contributed by atoms with Crippen LogP contribution in [-0.4, -0.2) is 44.6 Å². The topological polar surface area (TPSA) is 47.6 Å². The van der Waals surface area contributed by atoms with E-state index in [9.17, 15) is 18.0 Å². The van der Waals surface area contributed by atoms with Crippen molar-refractivity contribution in [3.63, 3.8) is 0 Å². The first-order valence-corrected chi connectivity index (χ1v) is 4.42. The number of ether oxygens (including phenoxy) is 2. The number of morpholine rings is 1. The molecule has 0 radical (unpaired) electrons. The van der Waals surface area contributed by atoms with Gasteiger partial charge in [0.2, 0.25) is 0 Å². The van der Waals surface area contributed by atoms with Crippen LogP contribution >= 0.6 is 0 Å². The van der Waals surface area contributed by atoms with Crippen LogP contribution < -0.4 is 5.32 Å². The van der Waals surface area contributed by atoms with Gasteiger partial charge in [0.15, 0.2) is 6.10 Å². The van der Waals surface area contributed by atoms with E-state index in [1.165, 1.54) is 7.11 Å². The molecular formula is C8H12F3NO3. The number of rotatable bonds is 2. The smallest absolute Gasteiger partial charge is 0.415 e. The van der Waals surface area contributed by atoms with E-state index >= 15 is 0 Å². The van der Waals surface area contributed by atoms with Crippen molar-refractivity contribution in [2.45, 2.75) is 24.7 Å². The highest BCUT2D eigenvalue weighted by Crippen LogP contribution is 2.24. The Kier molecular flexibility index (Phi) is 3.92. The molecule has 15 heavy (non-hydrogen) atoms. The van der Waals surface area contributed by atoms with Crippen LogP contribution in [0.15, 0.2) is 0 Å². The molecule has 1 saturated heterocycles. The minimum absolute atomic E-state index is 0.0150. The first-order valence-electron chi connectivity index (χ1n) is 4.42. The summed E-state index contributed by atoms with van der Waals surface area (Å²) in [6, 6.07) is -0.406. The Balaban J connectivity index is 2.33. The highest BCUT2D eigenvalue weighted by molar-refractivity contribution is 5.69. The lowest BCUT2D eigenvalue weighted by Crippen LogP contribution is -2.52. The van der Waals surface area contributed by atoms with Crippen LogP contribution in [-0.2, 0) is 14.3 Å². The second-order valence-corrected chi connectivity index (χ2v) is 3.25. The van der Waals surface area contributed by atoms with Gasteiger partial charge >= 0.3 is 12.1 Å². The van der Waals surface area contributed by atoms with Crippen molar-refractivity contribution in [2.75, 3.05) is 20.3 Å². The van der Waals surface area contributed by atoms with Crippen LogP contribution in [0.5, 0.6) is 0 Å². The fourth-order valence-electron chi connectivity index (χ4n) is 1.25. The molecule has 0 aromatic heterocycles. The predicted molar refractivity (Wildman–Crippen MR) is 44.2 cm³/mol. The summed E-state index contributed by atoms with van der Waals surface area (Å²) in [6.45, 7) is -0.468. The Morgan fingerprint density at radius 2 is 2.27 bits per heavy atom. The maximum atomic E-state index is 12.1. The second-order valence-electron chi connectivity index (χ2n) is 3.25. The van der Waals surface area contributed by atoms with Gasteiger partial charge < -0.3 is 14.8 Å². The van der Waals surface area contributed by atoms with Gasteiger partial charge in [-0.3, -0.25) is 4.79 Å². The monoisotopic (exact) mass is 227 g/mol. The SMILES string of the molecule is COC(=O)C[C@@H]1CO[C@@H](C(F)(F)F)CN1. The average Bonchev–Trinajstić information content (AvgIpc) is 2.17. The van der Waals surface area contributed by atoms with E-state index < -0.39 is 24.3 Å². The minimum atomic E-state index is -4.36. The van der Waals surface area contributed by atoms with Crippen molar-refractivity contribution in [3.05, 3.63) is 0 Å². The quantitative estimate of drug-likeness (QED) is 0.696. The lowest BCUT2D eigenvalue weighted by molar-refractivity contribution is -0.229. The molecule has 0 aliphatic carbocycles. The summed E-state index contributed by atoms with van der Waals surface area (Å²) in [5.41, 5.74) is 0. The fraction of sp³-hybridized carbons (Fsp3) is 0.875. The maximum Gasteiger partial charge on any atom is 0.415 e. The molecule has 4 nitrogen and oxygen atoms in total. The van der Waals surface area contributed by atoms with Gasteiger partial charge in [0.25, 0.3) is 0 Å². The molecule has 0 aromatic rings. The van der Waals surface area contributed by atoms with Crippen LogP contribution in [0.25, 0.3) is 0 Å². The molecule has 0 aromatic carbocycles. The van der Waals surface area contributed by atoms with E-state index in [-0.39, 0.29) is 19.6 Å². The maximum absolute atomic E-state index is 12.1. The van der Waals surface area contributed by atoms with Crippen molar-refractivity contribution in [1.29, 1.82) is 0 Å². The number of nitrogens with one attached hydrogen (secondary N) is 1. The van der Waals surface area contributed by atoms with Crippen molar-refractivity contribution in [2.24, 2.45) is 0 Å². The Hall–Kier alpha value is -0.820. The summed E-state index contributed by atoms with van der Waals surface area (Å²) in [5, 5.41) is 2.60. The predicted octanol–water partition coefficient (Wildman–Crippen LogP) is 0.469. The second kappa shape index (κ2) is 4.80. The normalized spacial score (nSPS) is 27.5. The Labute approximate surface area is 84.7 Å². The molecule has 7 heteroatoms. The summed E-state index contributed by atoms with van der Waals surface area (Å²) in [5.74, 6) is -0.471. The molecule has 2 atom stereocenters. The van der Waals surface area contributed by atoms with E-state index in [4.69, 9.17) is 0 Å². The molecule has 1 rings (SSSR count). The van der Waals surface area contributed by atoms with Crippen molar-refractivity contribution in [3.8, 4) is 0 Å². The zero-order valence-electron chi connectivity index (χ0n) is 8.13. The summed E-state index contributed by atoms with van der Waals surface area (Å²) in [6.07, 6.45) is -6.13. The Morgan fingerprint density at radius 3 is 2.67 bits per heavy atom. The molecule has 0 spiro atoms. The zero-order valence-corrected chi connectivity index (χ0v) is 8.13. The Morgan fingerprint density at radius 1 is 1.60 bits per heavy atom. The van der Waals surface area contributed by atoms with Crippen LogP contribution in [0, 0.1) is 0 Å². The van der Waals surface area contributed by atoms with E-state index in [0.29, 0.717) is 0 Å². The lowest BCUT2D eigenvalue weighted by atomic mass is 10.1. The van der Waals surface area contributed by atoms with Gasteiger partial charge in [0.1, 0.15) is 0 Å². The molecule has 1 N–H and O–H groups in total. The number of hydrogen-bond acceptors (Lipinski definition) is 4. The average molecular weight is 227 g/mol. The number of esters is 1. The van der Waals surface area contributed by atoms with E-state index in [0.717, 1.165) is 0 Å². The molecule has 0 saturated carbocycles. The third-order valence-electron chi connectivity index (χ3n) is 2.10. The minimum Gasteiger partial charge on any atom is -0.469 e.